The van der Waals surface area contributed by atoms with E-state index in [1.165, 1.54) is 18.2 Å². The number of nitrogens with one attached hydrogen (secondary N) is 1. The van der Waals surface area contributed by atoms with E-state index in [1.807, 2.05) is 13.8 Å². The van der Waals surface area contributed by atoms with E-state index < -0.39 is 24.4 Å². The number of carboxylic acids is 1. The zero-order valence-electron chi connectivity index (χ0n) is 11.2. The average Bonchev–Trinajstić information content (AvgIpc) is 2.31. The monoisotopic (exact) mass is 346 g/mol. The van der Waals surface area contributed by atoms with Crippen molar-refractivity contribution in [2.45, 2.75) is 13.8 Å². The lowest BCUT2D eigenvalue weighted by molar-refractivity contribution is -0.137. The van der Waals surface area contributed by atoms with E-state index in [1.54, 1.807) is 0 Å². The van der Waals surface area contributed by atoms with Crippen LogP contribution in [0.5, 0.6) is 0 Å². The van der Waals surface area contributed by atoms with Crippen molar-refractivity contribution in [3.8, 4) is 0 Å². The van der Waals surface area contributed by atoms with E-state index in [0.717, 1.165) is 4.90 Å². The summed E-state index contributed by atoms with van der Waals surface area (Å²) in [6.45, 7) is 3.57. The van der Waals surface area contributed by atoms with E-state index in [-0.39, 0.29) is 18.2 Å². The van der Waals surface area contributed by atoms with E-state index in [9.17, 15) is 14.0 Å². The molecule has 0 heterocycles. The van der Waals surface area contributed by atoms with E-state index in [4.69, 9.17) is 5.11 Å². The Morgan fingerprint density at radius 1 is 1.45 bits per heavy atom. The smallest absolute Gasteiger partial charge is 0.323 e. The Labute approximate surface area is 124 Å². The molecule has 0 atom stereocenters. The first-order valence-corrected chi connectivity index (χ1v) is 6.81. The van der Waals surface area contributed by atoms with Gasteiger partial charge >= 0.3 is 12.0 Å². The van der Waals surface area contributed by atoms with Gasteiger partial charge in [0.15, 0.2) is 0 Å². The van der Waals surface area contributed by atoms with Crippen molar-refractivity contribution >= 4 is 33.6 Å². The fraction of sp³-hybridized carbons (Fsp3) is 0.385. The number of urea groups is 1. The normalized spacial score (nSPS) is 10.4. The highest BCUT2D eigenvalue weighted by Crippen LogP contribution is 2.20. The third-order valence-electron chi connectivity index (χ3n) is 2.37. The third kappa shape index (κ3) is 5.16. The predicted molar refractivity (Wildman–Crippen MR) is 77.2 cm³/mol. The molecule has 1 aromatic carbocycles. The summed E-state index contributed by atoms with van der Waals surface area (Å²) < 4.78 is 14.2. The molecule has 0 saturated heterocycles. The zero-order chi connectivity index (χ0) is 15.3. The number of amides is 2. The Hall–Kier alpha value is -1.63. The number of rotatable bonds is 5. The van der Waals surface area contributed by atoms with Gasteiger partial charge in [-0.3, -0.25) is 4.79 Å². The highest BCUT2D eigenvalue weighted by molar-refractivity contribution is 9.10. The van der Waals surface area contributed by atoms with Crippen molar-refractivity contribution in [1.29, 1.82) is 0 Å². The maximum absolute atomic E-state index is 13.5. The second-order valence-corrected chi connectivity index (χ2v) is 5.64. The standard InChI is InChI=1S/C13H16BrFN2O3/c1-8(2)6-17(7-12(18)19)13(20)16-11-5-9(14)3-4-10(11)15/h3-5,8H,6-7H2,1-2H3,(H,16,20)(H,18,19). The zero-order valence-corrected chi connectivity index (χ0v) is 12.8. The number of carbonyl (C=O) groups excluding carboxylic acids is 1. The number of benzene rings is 1. The van der Waals surface area contributed by atoms with Crippen molar-refractivity contribution in [1.82, 2.24) is 4.90 Å². The van der Waals surface area contributed by atoms with Crippen LogP contribution in [-0.2, 0) is 4.79 Å². The molecule has 2 N–H and O–H groups in total. The Balaban J connectivity index is 2.84. The lowest BCUT2D eigenvalue weighted by Gasteiger charge is -2.23. The first-order valence-electron chi connectivity index (χ1n) is 6.02. The second kappa shape index (κ2) is 7.23. The summed E-state index contributed by atoms with van der Waals surface area (Å²) >= 11 is 3.18. The number of aliphatic carboxylic acids is 1. The molecule has 5 nitrogen and oxygen atoms in total. The van der Waals surface area contributed by atoms with Gasteiger partial charge in [0.2, 0.25) is 0 Å². The van der Waals surface area contributed by atoms with Crippen molar-refractivity contribution in [2.24, 2.45) is 5.92 Å². The van der Waals surface area contributed by atoms with Gasteiger partial charge in [-0.05, 0) is 24.1 Å². The van der Waals surface area contributed by atoms with Gasteiger partial charge < -0.3 is 15.3 Å². The molecule has 0 unspecified atom stereocenters. The van der Waals surface area contributed by atoms with Crippen LogP contribution >= 0.6 is 15.9 Å². The van der Waals surface area contributed by atoms with Gasteiger partial charge in [0, 0.05) is 11.0 Å². The number of nitrogens with zero attached hydrogens (tertiary/aromatic N) is 1. The topological polar surface area (TPSA) is 69.6 Å². The first kappa shape index (κ1) is 16.4. The van der Waals surface area contributed by atoms with Crippen LogP contribution in [0.4, 0.5) is 14.9 Å². The summed E-state index contributed by atoms with van der Waals surface area (Å²) in [5.74, 6) is -1.59. The molecule has 0 aliphatic rings. The Bertz CT molecular complexity index is 508. The molecular formula is C13H16BrFN2O3. The average molecular weight is 347 g/mol. The van der Waals surface area contributed by atoms with E-state index in [2.05, 4.69) is 21.2 Å². The molecule has 0 aliphatic carbocycles. The lowest BCUT2D eigenvalue weighted by atomic mass is 10.2. The number of carbonyl (C=O) groups is 2. The minimum atomic E-state index is -1.12. The van der Waals surface area contributed by atoms with Crippen LogP contribution in [0.3, 0.4) is 0 Å². The first-order chi connectivity index (χ1) is 9.29. The van der Waals surface area contributed by atoms with Gasteiger partial charge in [0.1, 0.15) is 12.4 Å². The molecule has 2 amide bonds. The quantitative estimate of drug-likeness (QED) is 0.860. The Morgan fingerprint density at radius 2 is 2.10 bits per heavy atom. The van der Waals surface area contributed by atoms with E-state index >= 15 is 0 Å². The molecule has 1 rings (SSSR count). The molecule has 0 saturated carbocycles. The molecule has 0 fully saturated rings. The molecule has 0 spiro atoms. The number of hydrogen-bond donors (Lipinski definition) is 2. The fourth-order valence-electron chi connectivity index (χ4n) is 1.61. The van der Waals surface area contributed by atoms with Crippen LogP contribution in [0.15, 0.2) is 22.7 Å². The molecule has 1 aromatic rings. The van der Waals surface area contributed by atoms with Crippen LogP contribution in [-0.4, -0.2) is 35.1 Å². The minimum absolute atomic E-state index is 0.00326. The van der Waals surface area contributed by atoms with Crippen LogP contribution in [0.1, 0.15) is 13.8 Å². The second-order valence-electron chi connectivity index (χ2n) is 4.72. The summed E-state index contributed by atoms with van der Waals surface area (Å²) in [7, 11) is 0. The van der Waals surface area contributed by atoms with Crippen molar-refractivity contribution in [3.63, 3.8) is 0 Å². The largest absolute Gasteiger partial charge is 0.480 e. The summed E-state index contributed by atoms with van der Waals surface area (Å²) in [5.41, 5.74) is 0.00326. The lowest BCUT2D eigenvalue weighted by Crippen LogP contribution is -2.41. The number of anilines is 1. The van der Waals surface area contributed by atoms with Gasteiger partial charge in [0.05, 0.1) is 5.69 Å². The number of carboxylic acid groups (broad SMARTS) is 1. The van der Waals surface area contributed by atoms with Crippen LogP contribution < -0.4 is 5.32 Å². The van der Waals surface area contributed by atoms with Crippen LogP contribution in [0, 0.1) is 11.7 Å². The maximum atomic E-state index is 13.5. The van der Waals surface area contributed by atoms with E-state index in [0.29, 0.717) is 4.47 Å². The fourth-order valence-corrected chi connectivity index (χ4v) is 1.97. The summed E-state index contributed by atoms with van der Waals surface area (Å²) in [4.78, 5) is 23.9. The highest BCUT2D eigenvalue weighted by atomic mass is 79.9. The molecule has 0 radical (unpaired) electrons. The molecule has 20 heavy (non-hydrogen) atoms. The van der Waals surface area contributed by atoms with Crippen molar-refractivity contribution < 1.29 is 19.1 Å². The summed E-state index contributed by atoms with van der Waals surface area (Å²) in [6, 6.07) is 3.50. The summed E-state index contributed by atoms with van der Waals surface area (Å²) in [5, 5.41) is 11.2. The highest BCUT2D eigenvalue weighted by Gasteiger charge is 2.19. The Kier molecular flexibility index (Phi) is 5.94. The molecular weight excluding hydrogens is 331 g/mol. The minimum Gasteiger partial charge on any atom is -0.480 e. The Morgan fingerprint density at radius 3 is 2.65 bits per heavy atom. The summed E-state index contributed by atoms with van der Waals surface area (Å²) in [6.07, 6.45) is 0. The molecule has 0 aromatic heterocycles. The molecule has 7 heteroatoms. The predicted octanol–water partition coefficient (Wildman–Crippen LogP) is 3.16. The van der Waals surface area contributed by atoms with Crippen molar-refractivity contribution in [2.75, 3.05) is 18.4 Å². The van der Waals surface area contributed by atoms with Crippen LogP contribution in [0.2, 0.25) is 0 Å². The molecule has 110 valence electrons. The SMILES string of the molecule is CC(C)CN(CC(=O)O)C(=O)Nc1cc(Br)ccc1F. The third-order valence-corrected chi connectivity index (χ3v) is 2.86. The molecule has 0 aliphatic heterocycles. The van der Waals surface area contributed by atoms with Gasteiger partial charge in [0.25, 0.3) is 0 Å². The maximum Gasteiger partial charge on any atom is 0.323 e. The number of hydrogen-bond acceptors (Lipinski definition) is 2. The number of halogens is 2. The van der Waals surface area contributed by atoms with Gasteiger partial charge in [-0.1, -0.05) is 29.8 Å². The van der Waals surface area contributed by atoms with Gasteiger partial charge in [-0.25, -0.2) is 9.18 Å². The molecule has 0 bridgehead atoms. The van der Waals surface area contributed by atoms with Crippen molar-refractivity contribution in [3.05, 3.63) is 28.5 Å². The van der Waals surface area contributed by atoms with Gasteiger partial charge in [-0.15, -0.1) is 0 Å². The van der Waals surface area contributed by atoms with Gasteiger partial charge in [-0.2, -0.15) is 0 Å². The van der Waals surface area contributed by atoms with Crippen LogP contribution in [0.25, 0.3) is 0 Å².